The monoisotopic (exact) mass is 407 g/mol. The van der Waals surface area contributed by atoms with Crippen molar-refractivity contribution in [2.45, 2.75) is 26.3 Å². The molecule has 2 aromatic heterocycles. The fourth-order valence-electron chi connectivity index (χ4n) is 3.49. The van der Waals surface area contributed by atoms with E-state index in [0.29, 0.717) is 23.2 Å². The highest BCUT2D eigenvalue weighted by Gasteiger charge is 2.24. The zero-order chi connectivity index (χ0) is 20.5. The van der Waals surface area contributed by atoms with Crippen LogP contribution in [0.4, 0.5) is 5.69 Å². The first-order valence-corrected chi connectivity index (χ1v) is 10.2. The first-order chi connectivity index (χ1) is 14.0. The second-order valence-electron chi connectivity index (χ2n) is 6.78. The van der Waals surface area contributed by atoms with Crippen molar-refractivity contribution in [3.05, 3.63) is 64.6 Å². The Labute approximate surface area is 171 Å². The van der Waals surface area contributed by atoms with Crippen LogP contribution in [-0.4, -0.2) is 22.8 Å². The molecule has 0 fully saturated rings. The third kappa shape index (κ3) is 3.38. The molecule has 0 unspecified atom stereocenters. The van der Waals surface area contributed by atoms with Crippen LogP contribution in [0, 0.1) is 6.92 Å². The molecule has 6 nitrogen and oxygen atoms in total. The molecule has 148 valence electrons. The van der Waals surface area contributed by atoms with Crippen molar-refractivity contribution in [1.82, 2.24) is 9.78 Å². The van der Waals surface area contributed by atoms with E-state index in [1.165, 1.54) is 4.68 Å². The minimum atomic E-state index is -0.713. The molecule has 0 radical (unpaired) electrons. The number of hydrogen-bond donors (Lipinski definition) is 1. The van der Waals surface area contributed by atoms with Gasteiger partial charge in [-0.05, 0) is 31.5 Å². The number of nitrogens with one attached hydrogen (secondary N) is 1. The Hall–Kier alpha value is -3.19. The number of nitrogens with zero attached hydrogens (tertiary/aromatic N) is 2. The van der Waals surface area contributed by atoms with Crippen molar-refractivity contribution in [1.29, 1.82) is 0 Å². The van der Waals surface area contributed by atoms with Crippen LogP contribution in [0.3, 0.4) is 0 Å². The molecule has 4 aromatic rings. The first-order valence-electron chi connectivity index (χ1n) is 9.39. The highest BCUT2D eigenvalue weighted by molar-refractivity contribution is 7.26. The number of amides is 1. The summed E-state index contributed by atoms with van der Waals surface area (Å²) in [4.78, 5) is 26.3. The molecule has 2 aromatic carbocycles. The normalized spacial score (nSPS) is 12.2. The second kappa shape index (κ2) is 7.67. The van der Waals surface area contributed by atoms with Crippen LogP contribution in [0.15, 0.2) is 53.3 Å². The van der Waals surface area contributed by atoms with Gasteiger partial charge in [0.25, 0.3) is 5.56 Å². The number of fused-ring (bicyclic) bond motifs is 3. The number of ether oxygens (including phenoxy) is 1. The second-order valence-corrected chi connectivity index (χ2v) is 7.83. The zero-order valence-electron chi connectivity index (χ0n) is 16.4. The molecule has 0 spiro atoms. The maximum atomic E-state index is 13.3. The lowest BCUT2D eigenvalue weighted by molar-refractivity contribution is -0.119. The number of benzene rings is 2. The van der Waals surface area contributed by atoms with Crippen LogP contribution in [-0.2, 0) is 4.79 Å². The van der Waals surface area contributed by atoms with Gasteiger partial charge in [-0.25, -0.2) is 4.68 Å². The van der Waals surface area contributed by atoms with E-state index in [4.69, 9.17) is 4.74 Å². The number of hydrogen-bond acceptors (Lipinski definition) is 5. The number of methoxy groups -OCH3 is 1. The number of rotatable bonds is 5. The molecular weight excluding hydrogens is 386 g/mol. The van der Waals surface area contributed by atoms with Gasteiger partial charge >= 0.3 is 0 Å². The minimum absolute atomic E-state index is 0.240. The minimum Gasteiger partial charge on any atom is -0.497 e. The van der Waals surface area contributed by atoms with Gasteiger partial charge in [0.2, 0.25) is 5.91 Å². The van der Waals surface area contributed by atoms with Crippen molar-refractivity contribution >= 4 is 43.1 Å². The average Bonchev–Trinajstić information content (AvgIpc) is 3.13. The lowest BCUT2D eigenvalue weighted by Gasteiger charge is -2.18. The SMILES string of the molecule is CC[C@@H](C(=O)Nc1cccc(OC)c1)n1nc(C)c2sc3ccccc3c2c1=O. The molecule has 4 rings (SSSR count). The number of aryl methyl sites for hydroxylation is 1. The summed E-state index contributed by atoms with van der Waals surface area (Å²) >= 11 is 1.56. The van der Waals surface area contributed by atoms with E-state index in [-0.39, 0.29) is 11.5 Å². The lowest BCUT2D eigenvalue weighted by atomic mass is 10.1. The standard InChI is InChI=1S/C22H21N3O3S/c1-4-17(21(26)23-14-8-7-9-15(12-14)28-3)25-22(27)19-16-10-5-6-11-18(16)29-20(19)13(2)24-25/h5-12,17H,4H2,1-3H3,(H,23,26)/t17-/m0/s1. The van der Waals surface area contributed by atoms with Gasteiger partial charge in [-0.1, -0.05) is 31.2 Å². The van der Waals surface area contributed by atoms with Gasteiger partial charge in [-0.2, -0.15) is 5.10 Å². The molecule has 0 saturated carbocycles. The maximum Gasteiger partial charge on any atom is 0.276 e. The van der Waals surface area contributed by atoms with Gasteiger partial charge < -0.3 is 10.1 Å². The summed E-state index contributed by atoms with van der Waals surface area (Å²) in [6.07, 6.45) is 0.440. The Bertz CT molecular complexity index is 1280. The van der Waals surface area contributed by atoms with Crippen molar-refractivity contribution < 1.29 is 9.53 Å². The highest BCUT2D eigenvalue weighted by Crippen LogP contribution is 2.33. The zero-order valence-corrected chi connectivity index (χ0v) is 17.2. The predicted molar refractivity (Wildman–Crippen MR) is 117 cm³/mol. The number of carbonyl (C=O) groups is 1. The van der Waals surface area contributed by atoms with Gasteiger partial charge in [0.15, 0.2) is 0 Å². The maximum absolute atomic E-state index is 13.3. The van der Waals surface area contributed by atoms with E-state index in [9.17, 15) is 9.59 Å². The van der Waals surface area contributed by atoms with E-state index in [0.717, 1.165) is 20.5 Å². The summed E-state index contributed by atoms with van der Waals surface area (Å²) in [5.41, 5.74) is 1.11. The Balaban J connectivity index is 1.79. The molecule has 1 amide bonds. The fraction of sp³-hybridized carbons (Fsp3) is 0.227. The Morgan fingerprint density at radius 3 is 2.79 bits per heavy atom. The molecule has 1 N–H and O–H groups in total. The molecule has 2 heterocycles. The number of aromatic nitrogens is 2. The highest BCUT2D eigenvalue weighted by atomic mass is 32.1. The predicted octanol–water partition coefficient (Wildman–Crippen LogP) is 4.52. The van der Waals surface area contributed by atoms with E-state index in [2.05, 4.69) is 10.4 Å². The molecule has 1 atom stereocenters. The average molecular weight is 407 g/mol. The first kappa shape index (κ1) is 19.1. The molecule has 0 aliphatic carbocycles. The van der Waals surface area contributed by atoms with Crippen LogP contribution < -0.4 is 15.6 Å². The van der Waals surface area contributed by atoms with E-state index in [1.54, 1.807) is 42.7 Å². The molecule has 0 aliphatic heterocycles. The number of thiophene rings is 1. The summed E-state index contributed by atoms with van der Waals surface area (Å²) < 4.78 is 8.44. The smallest absolute Gasteiger partial charge is 0.276 e. The summed E-state index contributed by atoms with van der Waals surface area (Å²) in [5, 5.41) is 8.90. The quantitative estimate of drug-likeness (QED) is 0.528. The molecule has 7 heteroatoms. The Kier molecular flexibility index (Phi) is 5.07. The third-order valence-electron chi connectivity index (χ3n) is 4.93. The van der Waals surface area contributed by atoms with Crippen molar-refractivity contribution in [2.75, 3.05) is 12.4 Å². The summed E-state index contributed by atoms with van der Waals surface area (Å²) in [5.74, 6) is 0.363. The summed E-state index contributed by atoms with van der Waals surface area (Å²) in [7, 11) is 1.57. The van der Waals surface area contributed by atoms with E-state index >= 15 is 0 Å². The van der Waals surface area contributed by atoms with Crippen molar-refractivity contribution in [3.63, 3.8) is 0 Å². The summed E-state index contributed by atoms with van der Waals surface area (Å²) in [6.45, 7) is 3.75. The van der Waals surface area contributed by atoms with Crippen LogP contribution in [0.25, 0.3) is 20.2 Å². The fourth-order valence-corrected chi connectivity index (χ4v) is 4.62. The molecular formula is C22H21N3O3S. The molecule has 29 heavy (non-hydrogen) atoms. The molecule has 0 saturated heterocycles. The van der Waals surface area contributed by atoms with Gasteiger partial charge in [0.05, 0.1) is 22.9 Å². The van der Waals surface area contributed by atoms with E-state index in [1.807, 2.05) is 38.1 Å². The van der Waals surface area contributed by atoms with Gasteiger partial charge in [0, 0.05) is 21.8 Å². The van der Waals surface area contributed by atoms with E-state index < -0.39 is 6.04 Å². The topological polar surface area (TPSA) is 73.2 Å². The van der Waals surface area contributed by atoms with Crippen molar-refractivity contribution in [2.24, 2.45) is 0 Å². The van der Waals surface area contributed by atoms with Gasteiger partial charge in [0.1, 0.15) is 11.8 Å². The van der Waals surface area contributed by atoms with Crippen LogP contribution in [0.5, 0.6) is 5.75 Å². The van der Waals surface area contributed by atoms with Crippen LogP contribution in [0.2, 0.25) is 0 Å². The molecule has 0 aliphatic rings. The largest absolute Gasteiger partial charge is 0.497 e. The van der Waals surface area contributed by atoms with Gasteiger partial charge in [-0.15, -0.1) is 11.3 Å². The molecule has 0 bridgehead atoms. The Morgan fingerprint density at radius 2 is 2.03 bits per heavy atom. The van der Waals surface area contributed by atoms with Crippen LogP contribution in [0.1, 0.15) is 25.1 Å². The lowest BCUT2D eigenvalue weighted by Crippen LogP contribution is -2.35. The third-order valence-corrected chi connectivity index (χ3v) is 6.21. The number of carbonyl (C=O) groups excluding carboxylic acids is 1. The van der Waals surface area contributed by atoms with Gasteiger partial charge in [-0.3, -0.25) is 9.59 Å². The Morgan fingerprint density at radius 1 is 1.24 bits per heavy atom. The van der Waals surface area contributed by atoms with Crippen molar-refractivity contribution in [3.8, 4) is 5.75 Å². The summed E-state index contributed by atoms with van der Waals surface area (Å²) in [6, 6.07) is 14.2. The number of anilines is 1. The van der Waals surface area contributed by atoms with Crippen LogP contribution >= 0.6 is 11.3 Å².